The van der Waals surface area contributed by atoms with E-state index in [9.17, 15) is 9.59 Å². The summed E-state index contributed by atoms with van der Waals surface area (Å²) in [6.45, 7) is 3.31. The molecule has 0 saturated carbocycles. The van der Waals surface area contributed by atoms with E-state index in [4.69, 9.17) is 27.9 Å². The summed E-state index contributed by atoms with van der Waals surface area (Å²) >= 11 is 12.0. The van der Waals surface area contributed by atoms with Crippen LogP contribution in [0.1, 0.15) is 35.9 Å². The van der Waals surface area contributed by atoms with Crippen molar-refractivity contribution in [3.05, 3.63) is 57.8 Å². The van der Waals surface area contributed by atoms with E-state index in [2.05, 4.69) is 5.32 Å². The van der Waals surface area contributed by atoms with E-state index in [-0.39, 0.29) is 6.04 Å². The SMILES string of the molecule is C[C@H](OC(=O)c1cccn1C)C(=O)N[C@H](C)c1ccc(Cl)cc1Cl. The van der Waals surface area contributed by atoms with Crippen LogP contribution < -0.4 is 5.32 Å². The highest BCUT2D eigenvalue weighted by Crippen LogP contribution is 2.26. The smallest absolute Gasteiger partial charge is 0.355 e. The van der Waals surface area contributed by atoms with Gasteiger partial charge < -0.3 is 14.6 Å². The Kier molecular flexibility index (Phi) is 5.91. The second kappa shape index (κ2) is 7.73. The fourth-order valence-electron chi connectivity index (χ4n) is 2.21. The van der Waals surface area contributed by atoms with Crippen molar-refractivity contribution in [3.63, 3.8) is 0 Å². The van der Waals surface area contributed by atoms with Gasteiger partial charge in [0.05, 0.1) is 6.04 Å². The molecule has 0 unspecified atom stereocenters. The topological polar surface area (TPSA) is 60.3 Å². The Hall–Kier alpha value is -1.98. The number of nitrogens with zero attached hydrogens (tertiary/aromatic N) is 1. The highest BCUT2D eigenvalue weighted by Gasteiger charge is 2.22. The molecule has 1 aromatic heterocycles. The van der Waals surface area contributed by atoms with E-state index in [0.29, 0.717) is 15.7 Å². The van der Waals surface area contributed by atoms with Gasteiger partial charge in [-0.15, -0.1) is 0 Å². The van der Waals surface area contributed by atoms with Gasteiger partial charge in [0.1, 0.15) is 5.69 Å². The summed E-state index contributed by atoms with van der Waals surface area (Å²) in [5, 5.41) is 3.75. The summed E-state index contributed by atoms with van der Waals surface area (Å²) < 4.78 is 6.83. The lowest BCUT2D eigenvalue weighted by Gasteiger charge is -2.19. The normalized spacial score (nSPS) is 13.2. The summed E-state index contributed by atoms with van der Waals surface area (Å²) in [4.78, 5) is 24.3. The molecule has 1 aromatic carbocycles. The Labute approximate surface area is 150 Å². The molecule has 24 heavy (non-hydrogen) atoms. The van der Waals surface area contributed by atoms with Gasteiger partial charge in [-0.2, -0.15) is 0 Å². The molecule has 0 saturated heterocycles. The predicted octanol–water partition coefficient (Wildman–Crippen LogP) is 3.75. The Morgan fingerprint density at radius 2 is 1.92 bits per heavy atom. The van der Waals surface area contributed by atoms with E-state index in [1.165, 1.54) is 6.92 Å². The quantitative estimate of drug-likeness (QED) is 0.817. The van der Waals surface area contributed by atoms with Crippen LogP contribution in [0.5, 0.6) is 0 Å². The number of hydrogen-bond acceptors (Lipinski definition) is 3. The lowest BCUT2D eigenvalue weighted by atomic mass is 10.1. The van der Waals surface area contributed by atoms with Crippen molar-refractivity contribution in [2.75, 3.05) is 0 Å². The molecule has 0 aliphatic heterocycles. The molecule has 2 rings (SSSR count). The number of carbonyl (C=O) groups excluding carboxylic acids is 2. The molecule has 1 heterocycles. The van der Waals surface area contributed by atoms with Crippen LogP contribution in [-0.4, -0.2) is 22.5 Å². The number of rotatable bonds is 5. The van der Waals surface area contributed by atoms with Crippen molar-refractivity contribution >= 4 is 35.1 Å². The molecule has 0 radical (unpaired) electrons. The maximum Gasteiger partial charge on any atom is 0.355 e. The second-order valence-corrected chi connectivity index (χ2v) is 6.29. The molecule has 0 aliphatic rings. The van der Waals surface area contributed by atoms with Gasteiger partial charge in [0.2, 0.25) is 0 Å². The first kappa shape index (κ1) is 18.4. The largest absolute Gasteiger partial charge is 0.448 e. The summed E-state index contributed by atoms with van der Waals surface area (Å²) in [5.41, 5.74) is 1.11. The first-order chi connectivity index (χ1) is 11.3. The molecule has 5 nitrogen and oxygen atoms in total. The summed E-state index contributed by atoms with van der Waals surface area (Å²) in [7, 11) is 1.73. The van der Waals surface area contributed by atoms with Gasteiger partial charge >= 0.3 is 5.97 Å². The Balaban J connectivity index is 1.98. The number of halogens is 2. The summed E-state index contributed by atoms with van der Waals surface area (Å²) in [6, 6.07) is 8.06. The van der Waals surface area contributed by atoms with Crippen LogP contribution in [0.15, 0.2) is 36.5 Å². The van der Waals surface area contributed by atoms with Gasteiger partial charge in [-0.3, -0.25) is 4.79 Å². The molecule has 2 atom stereocenters. The average molecular weight is 369 g/mol. The molecule has 128 valence electrons. The standard InChI is InChI=1S/C17H18Cl2N2O3/c1-10(13-7-6-12(18)9-14(13)19)20-16(22)11(2)24-17(23)15-5-4-8-21(15)3/h4-11H,1-3H3,(H,20,22)/t10-,11+/m1/s1. The van der Waals surface area contributed by atoms with Crippen LogP contribution in [0.4, 0.5) is 0 Å². The second-order valence-electron chi connectivity index (χ2n) is 5.45. The zero-order chi connectivity index (χ0) is 17.9. The molecule has 0 spiro atoms. The molecule has 2 aromatic rings. The lowest BCUT2D eigenvalue weighted by Crippen LogP contribution is -2.37. The maximum atomic E-state index is 12.2. The monoisotopic (exact) mass is 368 g/mol. The molecule has 7 heteroatoms. The van der Waals surface area contributed by atoms with Crippen LogP contribution >= 0.6 is 23.2 Å². The number of hydrogen-bond donors (Lipinski definition) is 1. The van der Waals surface area contributed by atoms with Crippen molar-refractivity contribution in [1.29, 1.82) is 0 Å². The number of benzene rings is 1. The van der Waals surface area contributed by atoms with Gasteiger partial charge in [0.25, 0.3) is 5.91 Å². The zero-order valence-corrected chi connectivity index (χ0v) is 15.1. The molecule has 0 aliphatic carbocycles. The Morgan fingerprint density at radius 3 is 2.50 bits per heavy atom. The van der Waals surface area contributed by atoms with E-state index in [1.54, 1.807) is 55.1 Å². The molecular weight excluding hydrogens is 351 g/mol. The van der Waals surface area contributed by atoms with Crippen LogP contribution in [0.2, 0.25) is 10.0 Å². The van der Waals surface area contributed by atoms with Crippen molar-refractivity contribution in [2.45, 2.75) is 26.0 Å². The summed E-state index contributed by atoms with van der Waals surface area (Å²) in [6.07, 6.45) is 0.798. The van der Waals surface area contributed by atoms with E-state index < -0.39 is 18.0 Å². The molecular formula is C17H18Cl2N2O3. The van der Waals surface area contributed by atoms with Crippen LogP contribution in [0.3, 0.4) is 0 Å². The van der Waals surface area contributed by atoms with Gasteiger partial charge in [-0.1, -0.05) is 29.3 Å². The van der Waals surface area contributed by atoms with Crippen LogP contribution in [-0.2, 0) is 16.6 Å². The van der Waals surface area contributed by atoms with Gasteiger partial charge in [0, 0.05) is 23.3 Å². The number of aromatic nitrogens is 1. The number of aryl methyl sites for hydroxylation is 1. The third-order valence-corrected chi connectivity index (χ3v) is 4.16. The third kappa shape index (κ3) is 4.30. The fourth-order valence-corrected chi connectivity index (χ4v) is 2.78. The van der Waals surface area contributed by atoms with Crippen LogP contribution in [0, 0.1) is 0 Å². The first-order valence-corrected chi connectivity index (χ1v) is 8.13. The molecule has 1 amide bonds. The third-order valence-electron chi connectivity index (χ3n) is 3.59. The number of carbonyl (C=O) groups is 2. The number of nitrogens with one attached hydrogen (secondary N) is 1. The number of esters is 1. The first-order valence-electron chi connectivity index (χ1n) is 7.37. The van der Waals surface area contributed by atoms with Crippen LogP contribution in [0.25, 0.3) is 0 Å². The van der Waals surface area contributed by atoms with Crippen molar-refractivity contribution in [1.82, 2.24) is 9.88 Å². The molecule has 0 fully saturated rings. The minimum Gasteiger partial charge on any atom is -0.448 e. The van der Waals surface area contributed by atoms with Gasteiger partial charge in [-0.25, -0.2) is 4.79 Å². The summed E-state index contributed by atoms with van der Waals surface area (Å²) in [5.74, 6) is -0.960. The molecule has 0 bridgehead atoms. The minimum atomic E-state index is -0.930. The lowest BCUT2D eigenvalue weighted by molar-refractivity contribution is -0.129. The maximum absolute atomic E-state index is 12.2. The van der Waals surface area contributed by atoms with E-state index >= 15 is 0 Å². The van der Waals surface area contributed by atoms with Gasteiger partial charge in [0.15, 0.2) is 6.10 Å². The van der Waals surface area contributed by atoms with Crippen molar-refractivity contribution in [3.8, 4) is 0 Å². The highest BCUT2D eigenvalue weighted by molar-refractivity contribution is 6.35. The highest BCUT2D eigenvalue weighted by atomic mass is 35.5. The van der Waals surface area contributed by atoms with E-state index in [1.807, 2.05) is 0 Å². The zero-order valence-electron chi connectivity index (χ0n) is 13.5. The molecule has 1 N–H and O–H groups in total. The van der Waals surface area contributed by atoms with Crippen molar-refractivity contribution < 1.29 is 14.3 Å². The Bertz CT molecular complexity index is 758. The fraction of sp³-hybridized carbons (Fsp3) is 0.294. The minimum absolute atomic E-state index is 0.349. The van der Waals surface area contributed by atoms with E-state index in [0.717, 1.165) is 5.56 Å². The van der Waals surface area contributed by atoms with Gasteiger partial charge in [-0.05, 0) is 43.7 Å². The number of ether oxygens (including phenoxy) is 1. The average Bonchev–Trinajstić information content (AvgIpc) is 2.93. The van der Waals surface area contributed by atoms with Crippen molar-refractivity contribution in [2.24, 2.45) is 7.05 Å². The number of amides is 1. The Morgan fingerprint density at radius 1 is 1.21 bits per heavy atom. The predicted molar refractivity (Wildman–Crippen MR) is 93.3 cm³/mol.